The summed E-state index contributed by atoms with van der Waals surface area (Å²) in [7, 11) is 1.56. The number of nitrogens with one attached hydrogen (secondary N) is 2. The molecule has 9 nitrogen and oxygen atoms in total. The SMILES string of the molecule is COc1ccc(NC(=O)COc2ccc(/C=C3/C(=O)NC(=O)N(c4cccc(Cl)c4C)C3=O)cc2)cc1. The van der Waals surface area contributed by atoms with Crippen LogP contribution in [0.2, 0.25) is 5.02 Å². The molecule has 0 spiro atoms. The number of ether oxygens (including phenoxy) is 2. The van der Waals surface area contributed by atoms with E-state index < -0.39 is 17.8 Å². The number of benzene rings is 3. The highest BCUT2D eigenvalue weighted by molar-refractivity contribution is 6.39. The molecule has 1 aliphatic rings. The predicted octanol–water partition coefficient (Wildman–Crippen LogP) is 4.34. The summed E-state index contributed by atoms with van der Waals surface area (Å²) in [5, 5.41) is 5.28. The van der Waals surface area contributed by atoms with Gasteiger partial charge in [-0.2, -0.15) is 0 Å². The lowest BCUT2D eigenvalue weighted by atomic mass is 10.1. The minimum Gasteiger partial charge on any atom is -0.497 e. The average molecular weight is 520 g/mol. The van der Waals surface area contributed by atoms with Gasteiger partial charge in [0.25, 0.3) is 17.7 Å². The first-order valence-corrected chi connectivity index (χ1v) is 11.5. The minimum atomic E-state index is -0.853. The number of imide groups is 2. The maximum Gasteiger partial charge on any atom is 0.335 e. The van der Waals surface area contributed by atoms with Crippen LogP contribution in [-0.4, -0.2) is 37.5 Å². The Bertz CT molecular complexity index is 1400. The number of amides is 5. The van der Waals surface area contributed by atoms with Crippen LogP contribution in [-0.2, 0) is 14.4 Å². The zero-order chi connectivity index (χ0) is 26.5. The Kier molecular flexibility index (Phi) is 7.55. The van der Waals surface area contributed by atoms with Gasteiger partial charge in [-0.05, 0) is 72.7 Å². The van der Waals surface area contributed by atoms with Crippen molar-refractivity contribution < 1.29 is 28.7 Å². The lowest BCUT2D eigenvalue weighted by molar-refractivity contribution is -0.122. The Morgan fingerprint density at radius 2 is 1.68 bits per heavy atom. The molecule has 0 aromatic heterocycles. The van der Waals surface area contributed by atoms with Crippen LogP contribution < -0.4 is 25.0 Å². The van der Waals surface area contributed by atoms with E-state index in [1.54, 1.807) is 80.8 Å². The van der Waals surface area contributed by atoms with Crippen molar-refractivity contribution >= 4 is 52.8 Å². The van der Waals surface area contributed by atoms with Crippen molar-refractivity contribution in [3.05, 3.63) is 88.5 Å². The van der Waals surface area contributed by atoms with Crippen LogP contribution in [0.1, 0.15) is 11.1 Å². The maximum absolute atomic E-state index is 13.1. The standard InChI is InChI=1S/C27H22ClN3O6/c1-16-22(28)4-3-5-23(16)31-26(34)21(25(33)30-27(31)35)14-17-6-10-20(11-7-17)37-15-24(32)29-18-8-12-19(36-2)13-9-18/h3-14H,15H2,1-2H3,(H,29,32)(H,30,33,35)/b21-14-. The van der Waals surface area contributed by atoms with Crippen LogP contribution in [0, 0.1) is 6.92 Å². The molecular formula is C27H22ClN3O6. The van der Waals surface area contributed by atoms with Gasteiger partial charge in [0.1, 0.15) is 17.1 Å². The molecule has 1 saturated heterocycles. The molecule has 0 radical (unpaired) electrons. The van der Waals surface area contributed by atoms with Crippen LogP contribution in [0.25, 0.3) is 6.08 Å². The number of nitrogens with zero attached hydrogens (tertiary/aromatic N) is 1. The molecule has 0 bridgehead atoms. The van der Waals surface area contributed by atoms with Crippen molar-refractivity contribution in [2.45, 2.75) is 6.92 Å². The number of halogens is 1. The third kappa shape index (κ3) is 5.79. The van der Waals surface area contributed by atoms with E-state index in [4.69, 9.17) is 21.1 Å². The van der Waals surface area contributed by atoms with Gasteiger partial charge < -0.3 is 14.8 Å². The molecule has 4 rings (SSSR count). The van der Waals surface area contributed by atoms with Crippen LogP contribution in [0.15, 0.2) is 72.3 Å². The van der Waals surface area contributed by atoms with E-state index in [0.29, 0.717) is 33.3 Å². The van der Waals surface area contributed by atoms with E-state index in [2.05, 4.69) is 10.6 Å². The van der Waals surface area contributed by atoms with Gasteiger partial charge in [-0.1, -0.05) is 29.8 Å². The van der Waals surface area contributed by atoms with Crippen molar-refractivity contribution in [3.8, 4) is 11.5 Å². The third-order valence-corrected chi connectivity index (χ3v) is 5.93. The van der Waals surface area contributed by atoms with Crippen LogP contribution >= 0.6 is 11.6 Å². The molecule has 188 valence electrons. The molecule has 3 aromatic rings. The summed E-state index contributed by atoms with van der Waals surface area (Å²) in [6.07, 6.45) is 1.37. The number of hydrogen-bond donors (Lipinski definition) is 2. The molecule has 0 atom stereocenters. The average Bonchev–Trinajstić information content (AvgIpc) is 2.89. The van der Waals surface area contributed by atoms with Gasteiger partial charge in [-0.25, -0.2) is 9.69 Å². The van der Waals surface area contributed by atoms with Crippen LogP contribution in [0.4, 0.5) is 16.2 Å². The minimum absolute atomic E-state index is 0.216. The Hall–Kier alpha value is -4.63. The summed E-state index contributed by atoms with van der Waals surface area (Å²) < 4.78 is 10.6. The van der Waals surface area contributed by atoms with Crippen molar-refractivity contribution in [3.63, 3.8) is 0 Å². The maximum atomic E-state index is 13.1. The van der Waals surface area contributed by atoms with E-state index in [0.717, 1.165) is 4.90 Å². The van der Waals surface area contributed by atoms with Crippen LogP contribution in [0.3, 0.4) is 0 Å². The van der Waals surface area contributed by atoms with Gasteiger partial charge >= 0.3 is 6.03 Å². The molecule has 2 N–H and O–H groups in total. The molecule has 1 fully saturated rings. The molecule has 5 amide bonds. The number of barbiturate groups is 1. The number of carbonyl (C=O) groups excluding carboxylic acids is 4. The Balaban J connectivity index is 1.43. The third-order valence-electron chi connectivity index (χ3n) is 5.52. The van der Waals surface area contributed by atoms with E-state index in [1.165, 1.54) is 6.08 Å². The second-order valence-corrected chi connectivity index (χ2v) is 8.38. The van der Waals surface area contributed by atoms with E-state index >= 15 is 0 Å². The van der Waals surface area contributed by atoms with Crippen molar-refractivity contribution in [1.29, 1.82) is 0 Å². The summed E-state index contributed by atoms with van der Waals surface area (Å²) in [6, 6.07) is 17.3. The highest BCUT2D eigenvalue weighted by atomic mass is 35.5. The van der Waals surface area contributed by atoms with Crippen molar-refractivity contribution in [2.75, 3.05) is 23.9 Å². The first-order chi connectivity index (χ1) is 17.8. The molecule has 10 heteroatoms. The topological polar surface area (TPSA) is 114 Å². The molecule has 1 aliphatic heterocycles. The molecule has 1 heterocycles. The fraction of sp³-hybridized carbons (Fsp3) is 0.111. The fourth-order valence-corrected chi connectivity index (χ4v) is 3.73. The lowest BCUT2D eigenvalue weighted by Crippen LogP contribution is -2.54. The monoisotopic (exact) mass is 519 g/mol. The van der Waals surface area contributed by atoms with Gasteiger partial charge in [0.2, 0.25) is 0 Å². The van der Waals surface area contributed by atoms with Gasteiger partial charge in [-0.15, -0.1) is 0 Å². The smallest absolute Gasteiger partial charge is 0.335 e. The quantitative estimate of drug-likeness (QED) is 0.354. The predicted molar refractivity (Wildman–Crippen MR) is 139 cm³/mol. The number of urea groups is 1. The Morgan fingerprint density at radius 3 is 2.35 bits per heavy atom. The number of rotatable bonds is 7. The molecular weight excluding hydrogens is 498 g/mol. The number of anilines is 2. The molecule has 0 aliphatic carbocycles. The number of hydrogen-bond acceptors (Lipinski definition) is 6. The van der Waals surface area contributed by atoms with E-state index in [-0.39, 0.29) is 23.8 Å². The first-order valence-electron chi connectivity index (χ1n) is 11.1. The Morgan fingerprint density at radius 1 is 1.00 bits per heavy atom. The summed E-state index contributed by atoms with van der Waals surface area (Å²) >= 11 is 6.14. The van der Waals surface area contributed by atoms with Gasteiger partial charge in [0.05, 0.1) is 12.8 Å². The highest BCUT2D eigenvalue weighted by Crippen LogP contribution is 2.29. The van der Waals surface area contributed by atoms with Gasteiger partial charge in [-0.3, -0.25) is 19.7 Å². The largest absolute Gasteiger partial charge is 0.497 e. The van der Waals surface area contributed by atoms with E-state index in [9.17, 15) is 19.2 Å². The van der Waals surface area contributed by atoms with Gasteiger partial charge in [0.15, 0.2) is 6.61 Å². The van der Waals surface area contributed by atoms with Crippen molar-refractivity contribution in [2.24, 2.45) is 0 Å². The lowest BCUT2D eigenvalue weighted by Gasteiger charge is -2.27. The number of methoxy groups -OCH3 is 1. The fourth-order valence-electron chi connectivity index (χ4n) is 3.56. The normalized spacial score (nSPS) is 14.4. The summed E-state index contributed by atoms with van der Waals surface area (Å²) in [4.78, 5) is 51.0. The highest BCUT2D eigenvalue weighted by Gasteiger charge is 2.37. The molecule has 3 aromatic carbocycles. The zero-order valence-electron chi connectivity index (χ0n) is 19.9. The van der Waals surface area contributed by atoms with Gasteiger partial charge in [0, 0.05) is 10.7 Å². The first kappa shape index (κ1) is 25.5. The summed E-state index contributed by atoms with van der Waals surface area (Å²) in [6.45, 7) is 1.46. The zero-order valence-corrected chi connectivity index (χ0v) is 20.7. The summed E-state index contributed by atoms with van der Waals surface area (Å²) in [5.41, 5.74) is 1.72. The van der Waals surface area contributed by atoms with E-state index in [1.807, 2.05) is 0 Å². The molecule has 37 heavy (non-hydrogen) atoms. The van der Waals surface area contributed by atoms with Crippen LogP contribution in [0.5, 0.6) is 11.5 Å². The number of carbonyl (C=O) groups is 4. The molecule has 0 saturated carbocycles. The Labute approximate surface area is 217 Å². The summed E-state index contributed by atoms with van der Waals surface area (Å²) in [5.74, 6) is -0.827. The second kappa shape index (κ2) is 11.0. The van der Waals surface area contributed by atoms with Crippen molar-refractivity contribution in [1.82, 2.24) is 5.32 Å². The molecule has 0 unspecified atom stereocenters. The second-order valence-electron chi connectivity index (χ2n) is 7.98.